The molecule has 1 rings (SSSR count). The lowest BCUT2D eigenvalue weighted by Gasteiger charge is -2.20. The highest BCUT2D eigenvalue weighted by Gasteiger charge is 2.28. The third-order valence-corrected chi connectivity index (χ3v) is 2.90. The number of benzene rings is 1. The number of aliphatic carboxylic acids is 1. The first-order chi connectivity index (χ1) is 7.38. The molecule has 16 heavy (non-hydrogen) atoms. The number of rotatable bonds is 4. The highest BCUT2D eigenvalue weighted by atomic mass is 35.5. The molecule has 0 aliphatic heterocycles. The highest BCUT2D eigenvalue weighted by molar-refractivity contribution is 6.32. The van der Waals surface area contributed by atoms with Crippen molar-refractivity contribution in [1.29, 1.82) is 0 Å². The maximum atomic E-state index is 11.0. The van der Waals surface area contributed by atoms with Crippen molar-refractivity contribution in [3.8, 4) is 5.75 Å². The molecule has 1 aromatic rings. The van der Waals surface area contributed by atoms with Crippen LogP contribution in [0.15, 0.2) is 18.2 Å². The second-order valence-corrected chi connectivity index (χ2v) is 4.68. The van der Waals surface area contributed by atoms with E-state index in [1.165, 1.54) is 7.11 Å². The van der Waals surface area contributed by atoms with E-state index < -0.39 is 11.4 Å². The van der Waals surface area contributed by atoms with Gasteiger partial charge < -0.3 is 9.84 Å². The Bertz CT molecular complexity index is 399. The number of carbonyl (C=O) groups is 1. The first-order valence-corrected chi connectivity index (χ1v) is 5.31. The molecule has 1 aromatic carbocycles. The average Bonchev–Trinajstić information content (AvgIpc) is 2.20. The van der Waals surface area contributed by atoms with Crippen molar-refractivity contribution < 1.29 is 14.6 Å². The van der Waals surface area contributed by atoms with Gasteiger partial charge in [-0.3, -0.25) is 4.79 Å². The van der Waals surface area contributed by atoms with Gasteiger partial charge in [0, 0.05) is 0 Å². The van der Waals surface area contributed by atoms with E-state index in [4.69, 9.17) is 21.4 Å². The molecule has 0 heterocycles. The van der Waals surface area contributed by atoms with Crippen LogP contribution >= 0.6 is 11.6 Å². The zero-order valence-corrected chi connectivity index (χ0v) is 10.3. The number of halogens is 1. The Kier molecular flexibility index (Phi) is 3.81. The van der Waals surface area contributed by atoms with Gasteiger partial charge in [0.05, 0.1) is 17.5 Å². The van der Waals surface area contributed by atoms with E-state index in [9.17, 15) is 4.79 Å². The zero-order valence-electron chi connectivity index (χ0n) is 9.58. The highest BCUT2D eigenvalue weighted by Crippen LogP contribution is 2.32. The molecule has 0 atom stereocenters. The quantitative estimate of drug-likeness (QED) is 0.883. The molecular weight excluding hydrogens is 228 g/mol. The fraction of sp³-hybridized carbons (Fsp3) is 0.417. The van der Waals surface area contributed by atoms with E-state index in [0.29, 0.717) is 17.2 Å². The number of carboxylic acids is 1. The van der Waals surface area contributed by atoms with E-state index in [0.717, 1.165) is 5.56 Å². The molecule has 0 unspecified atom stereocenters. The Hall–Kier alpha value is -1.22. The van der Waals surface area contributed by atoms with Crippen LogP contribution in [0.3, 0.4) is 0 Å². The van der Waals surface area contributed by atoms with E-state index >= 15 is 0 Å². The molecule has 0 aliphatic carbocycles. The monoisotopic (exact) mass is 242 g/mol. The standard InChI is InChI=1S/C12H15ClO3/c1-12(2,11(14)15)7-8-5-4-6-9(16-3)10(8)13/h4-6H,7H2,1-3H3,(H,14,15). The summed E-state index contributed by atoms with van der Waals surface area (Å²) >= 11 is 6.10. The van der Waals surface area contributed by atoms with Crippen molar-refractivity contribution in [1.82, 2.24) is 0 Å². The maximum Gasteiger partial charge on any atom is 0.309 e. The largest absolute Gasteiger partial charge is 0.495 e. The number of ether oxygens (including phenoxy) is 1. The minimum Gasteiger partial charge on any atom is -0.495 e. The number of methoxy groups -OCH3 is 1. The van der Waals surface area contributed by atoms with Crippen LogP contribution in [0.4, 0.5) is 0 Å². The number of carboxylic acid groups (broad SMARTS) is 1. The third-order valence-electron chi connectivity index (χ3n) is 2.47. The van der Waals surface area contributed by atoms with Gasteiger partial charge in [0.1, 0.15) is 5.75 Å². The van der Waals surface area contributed by atoms with Crippen LogP contribution < -0.4 is 4.74 Å². The number of hydrogen-bond donors (Lipinski definition) is 1. The van der Waals surface area contributed by atoms with Crippen molar-refractivity contribution in [2.75, 3.05) is 7.11 Å². The average molecular weight is 243 g/mol. The Morgan fingerprint density at radius 1 is 1.50 bits per heavy atom. The first kappa shape index (κ1) is 12.8. The van der Waals surface area contributed by atoms with Crippen LogP contribution in [0.5, 0.6) is 5.75 Å². The molecule has 88 valence electrons. The summed E-state index contributed by atoms with van der Waals surface area (Å²) in [4.78, 5) is 11.0. The molecule has 0 bridgehead atoms. The van der Waals surface area contributed by atoms with Crippen molar-refractivity contribution in [3.63, 3.8) is 0 Å². The second-order valence-electron chi connectivity index (χ2n) is 4.30. The Morgan fingerprint density at radius 2 is 2.12 bits per heavy atom. The molecule has 3 nitrogen and oxygen atoms in total. The normalized spacial score (nSPS) is 11.2. The summed E-state index contributed by atoms with van der Waals surface area (Å²) in [6.45, 7) is 3.34. The van der Waals surface area contributed by atoms with Gasteiger partial charge in [-0.05, 0) is 31.9 Å². The van der Waals surface area contributed by atoms with Crippen LogP contribution in [0.25, 0.3) is 0 Å². The molecule has 0 aromatic heterocycles. The molecule has 0 spiro atoms. The minimum absolute atomic E-state index is 0.373. The summed E-state index contributed by atoms with van der Waals surface area (Å²) in [5.74, 6) is -0.272. The lowest BCUT2D eigenvalue weighted by molar-refractivity contribution is -0.146. The third kappa shape index (κ3) is 2.67. The van der Waals surface area contributed by atoms with Crippen LogP contribution in [0.1, 0.15) is 19.4 Å². The van der Waals surface area contributed by atoms with Crippen LogP contribution in [-0.2, 0) is 11.2 Å². The molecule has 0 amide bonds. The fourth-order valence-corrected chi connectivity index (χ4v) is 1.67. The molecule has 0 aliphatic rings. The second kappa shape index (κ2) is 4.74. The topological polar surface area (TPSA) is 46.5 Å². The molecular formula is C12H15ClO3. The first-order valence-electron chi connectivity index (χ1n) is 4.93. The van der Waals surface area contributed by atoms with Gasteiger partial charge in [-0.1, -0.05) is 23.7 Å². The zero-order chi connectivity index (χ0) is 12.3. The molecule has 1 N–H and O–H groups in total. The Labute approximate surface area is 100.0 Å². The van der Waals surface area contributed by atoms with Crippen LogP contribution in [0, 0.1) is 5.41 Å². The van der Waals surface area contributed by atoms with Crippen molar-refractivity contribution >= 4 is 17.6 Å². The van der Waals surface area contributed by atoms with E-state index in [2.05, 4.69) is 0 Å². The van der Waals surface area contributed by atoms with Crippen LogP contribution in [0.2, 0.25) is 5.02 Å². The van der Waals surface area contributed by atoms with Crippen molar-refractivity contribution in [3.05, 3.63) is 28.8 Å². The van der Waals surface area contributed by atoms with Crippen molar-refractivity contribution in [2.24, 2.45) is 5.41 Å². The molecule has 0 radical (unpaired) electrons. The van der Waals surface area contributed by atoms with Gasteiger partial charge in [0.2, 0.25) is 0 Å². The summed E-state index contributed by atoms with van der Waals surface area (Å²) in [7, 11) is 1.54. The summed E-state index contributed by atoms with van der Waals surface area (Å²) in [6, 6.07) is 5.37. The summed E-state index contributed by atoms with van der Waals surface area (Å²) in [6.07, 6.45) is 0.373. The van der Waals surface area contributed by atoms with Gasteiger partial charge in [-0.25, -0.2) is 0 Å². The van der Waals surface area contributed by atoms with E-state index in [1.54, 1.807) is 26.0 Å². The fourth-order valence-electron chi connectivity index (χ4n) is 1.40. The lowest BCUT2D eigenvalue weighted by atomic mass is 9.86. The molecule has 0 fully saturated rings. The summed E-state index contributed by atoms with van der Waals surface area (Å²) in [5.41, 5.74) is -0.0517. The van der Waals surface area contributed by atoms with Gasteiger partial charge in [-0.15, -0.1) is 0 Å². The van der Waals surface area contributed by atoms with Gasteiger partial charge in [0.25, 0.3) is 0 Å². The predicted octanol–water partition coefficient (Wildman–Crippen LogP) is 3.00. The van der Waals surface area contributed by atoms with Gasteiger partial charge >= 0.3 is 5.97 Å². The van der Waals surface area contributed by atoms with Crippen LogP contribution in [-0.4, -0.2) is 18.2 Å². The minimum atomic E-state index is -0.841. The lowest BCUT2D eigenvalue weighted by Crippen LogP contribution is -2.26. The number of hydrogen-bond acceptors (Lipinski definition) is 2. The molecule has 0 saturated heterocycles. The summed E-state index contributed by atoms with van der Waals surface area (Å²) < 4.78 is 5.08. The Morgan fingerprint density at radius 3 is 2.62 bits per heavy atom. The maximum absolute atomic E-state index is 11.0. The predicted molar refractivity (Wildman–Crippen MR) is 63.1 cm³/mol. The van der Waals surface area contributed by atoms with Gasteiger partial charge in [0.15, 0.2) is 0 Å². The van der Waals surface area contributed by atoms with E-state index in [-0.39, 0.29) is 0 Å². The smallest absolute Gasteiger partial charge is 0.309 e. The molecule has 4 heteroatoms. The summed E-state index contributed by atoms with van der Waals surface area (Å²) in [5, 5.41) is 9.53. The van der Waals surface area contributed by atoms with E-state index in [1.807, 2.05) is 6.07 Å². The van der Waals surface area contributed by atoms with Gasteiger partial charge in [-0.2, -0.15) is 0 Å². The molecule has 0 saturated carbocycles. The Balaban J connectivity index is 3.02. The SMILES string of the molecule is COc1cccc(CC(C)(C)C(=O)O)c1Cl. The van der Waals surface area contributed by atoms with Crippen molar-refractivity contribution in [2.45, 2.75) is 20.3 Å².